The van der Waals surface area contributed by atoms with Gasteiger partial charge in [0.1, 0.15) is 11.9 Å². The van der Waals surface area contributed by atoms with Crippen molar-refractivity contribution in [2.24, 2.45) is 0 Å². The topological polar surface area (TPSA) is 90.0 Å². The Morgan fingerprint density at radius 2 is 1.90 bits per heavy atom. The van der Waals surface area contributed by atoms with Gasteiger partial charge in [-0.05, 0) is 49.4 Å². The summed E-state index contributed by atoms with van der Waals surface area (Å²) in [6.45, 7) is 1.66. The van der Waals surface area contributed by atoms with Crippen molar-refractivity contribution in [3.05, 3.63) is 58.9 Å². The summed E-state index contributed by atoms with van der Waals surface area (Å²) in [5, 5.41) is -0.0298. The highest BCUT2D eigenvalue weighted by Gasteiger charge is 2.36. The van der Waals surface area contributed by atoms with Crippen molar-refractivity contribution in [1.29, 1.82) is 0 Å². The Bertz CT molecular complexity index is 1060. The number of rotatable bonds is 5. The Labute approximate surface area is 172 Å². The van der Waals surface area contributed by atoms with Crippen molar-refractivity contribution in [1.82, 2.24) is 0 Å². The molecule has 2 aromatic rings. The molecule has 154 valence electrons. The number of halogens is 2. The Kier molecular flexibility index (Phi) is 5.81. The molecule has 0 spiro atoms. The third-order valence-corrected chi connectivity index (χ3v) is 6.49. The van der Waals surface area contributed by atoms with Crippen LogP contribution in [0.2, 0.25) is 5.02 Å². The molecule has 29 heavy (non-hydrogen) atoms. The van der Waals surface area contributed by atoms with Crippen LogP contribution >= 0.6 is 11.6 Å². The highest BCUT2D eigenvalue weighted by atomic mass is 35.5. The molecule has 2 unspecified atom stereocenters. The van der Waals surface area contributed by atoms with Gasteiger partial charge in [-0.3, -0.25) is 4.31 Å². The Hall–Kier alpha value is -2.65. The number of sulfonamides is 1. The number of ether oxygens (including phenoxy) is 2. The van der Waals surface area contributed by atoms with Gasteiger partial charge in [-0.25, -0.2) is 22.4 Å². The first-order valence-electron chi connectivity index (χ1n) is 8.55. The van der Waals surface area contributed by atoms with E-state index in [9.17, 15) is 22.4 Å². The van der Waals surface area contributed by atoms with Gasteiger partial charge in [0.05, 0.1) is 21.2 Å². The minimum atomic E-state index is -4.07. The lowest BCUT2D eigenvalue weighted by atomic mass is 10.2. The van der Waals surface area contributed by atoms with Crippen molar-refractivity contribution < 1.29 is 31.9 Å². The maximum Gasteiger partial charge on any atom is 0.347 e. The number of esters is 2. The number of hydrogen-bond acceptors (Lipinski definition) is 6. The summed E-state index contributed by atoms with van der Waals surface area (Å²) in [4.78, 5) is 23.9. The van der Waals surface area contributed by atoms with Gasteiger partial charge in [0.25, 0.3) is 10.0 Å². The maximum absolute atomic E-state index is 13.1. The predicted molar refractivity (Wildman–Crippen MR) is 103 cm³/mol. The van der Waals surface area contributed by atoms with E-state index in [2.05, 4.69) is 0 Å². The molecule has 0 saturated carbocycles. The van der Waals surface area contributed by atoms with Crippen molar-refractivity contribution >= 4 is 39.3 Å². The highest BCUT2D eigenvalue weighted by molar-refractivity contribution is 7.92. The number of carbonyl (C=O) groups is 2. The Morgan fingerprint density at radius 3 is 2.48 bits per heavy atom. The van der Waals surface area contributed by atoms with Gasteiger partial charge in [0.15, 0.2) is 0 Å². The average molecular weight is 442 g/mol. The molecule has 0 aliphatic carbocycles. The monoisotopic (exact) mass is 441 g/mol. The number of cyclic esters (lactones) is 1. The number of anilines is 1. The molecule has 1 fully saturated rings. The summed E-state index contributed by atoms with van der Waals surface area (Å²) in [6, 6.07) is 8.44. The third-order valence-electron chi connectivity index (χ3n) is 4.38. The molecule has 0 radical (unpaired) electrons. The van der Waals surface area contributed by atoms with Gasteiger partial charge in [0, 0.05) is 13.5 Å². The fourth-order valence-electron chi connectivity index (χ4n) is 2.78. The number of carbonyl (C=O) groups excluding carboxylic acids is 2. The van der Waals surface area contributed by atoms with Crippen LogP contribution in [0.25, 0.3) is 0 Å². The van der Waals surface area contributed by atoms with Crippen LogP contribution < -0.4 is 4.31 Å². The van der Waals surface area contributed by atoms with Crippen LogP contribution in [0.5, 0.6) is 0 Å². The molecular weight excluding hydrogens is 425 g/mol. The molecule has 0 amide bonds. The van der Waals surface area contributed by atoms with Crippen LogP contribution in [0, 0.1) is 5.82 Å². The summed E-state index contributed by atoms with van der Waals surface area (Å²) in [6.07, 6.45) is -1.25. The van der Waals surface area contributed by atoms with Crippen LogP contribution in [-0.2, 0) is 24.3 Å². The van der Waals surface area contributed by atoms with Crippen molar-refractivity contribution in [2.45, 2.75) is 30.4 Å². The van der Waals surface area contributed by atoms with E-state index in [1.165, 1.54) is 31.3 Å². The SMILES string of the molecule is CC1CC(OC(=O)c2cc(S(=O)(=O)N(C)c3ccc(F)cc3)ccc2Cl)C(=O)O1. The molecule has 10 heteroatoms. The van der Waals surface area contributed by atoms with E-state index in [1.807, 2.05) is 0 Å². The van der Waals surface area contributed by atoms with Crippen LogP contribution in [0.3, 0.4) is 0 Å². The normalized spacial score (nSPS) is 19.0. The second kappa shape index (κ2) is 8.00. The second-order valence-electron chi connectivity index (χ2n) is 6.47. The second-order valence-corrected chi connectivity index (χ2v) is 8.84. The van der Waals surface area contributed by atoms with Gasteiger partial charge in [-0.1, -0.05) is 11.6 Å². The van der Waals surface area contributed by atoms with E-state index >= 15 is 0 Å². The third kappa shape index (κ3) is 4.35. The minimum absolute atomic E-state index is 0.0298. The van der Waals surface area contributed by atoms with E-state index in [-0.39, 0.29) is 33.7 Å². The molecule has 0 aromatic heterocycles. The van der Waals surface area contributed by atoms with Crippen molar-refractivity contribution in [2.75, 3.05) is 11.4 Å². The van der Waals surface area contributed by atoms with E-state index < -0.39 is 33.9 Å². The smallest absolute Gasteiger partial charge is 0.347 e. The van der Waals surface area contributed by atoms with Crippen LogP contribution in [0.4, 0.5) is 10.1 Å². The molecule has 1 saturated heterocycles. The number of hydrogen-bond donors (Lipinski definition) is 0. The molecular formula is C19H17ClFNO6S. The lowest BCUT2D eigenvalue weighted by molar-refractivity contribution is -0.147. The molecule has 1 aliphatic rings. The van der Waals surface area contributed by atoms with Gasteiger partial charge >= 0.3 is 11.9 Å². The van der Waals surface area contributed by atoms with E-state index in [0.29, 0.717) is 0 Å². The fraction of sp³-hybridized carbons (Fsp3) is 0.263. The fourth-order valence-corrected chi connectivity index (χ4v) is 4.20. The molecule has 0 N–H and O–H groups in total. The van der Waals surface area contributed by atoms with E-state index in [0.717, 1.165) is 22.5 Å². The zero-order valence-electron chi connectivity index (χ0n) is 15.5. The molecule has 3 rings (SSSR count). The highest BCUT2D eigenvalue weighted by Crippen LogP contribution is 2.27. The van der Waals surface area contributed by atoms with Gasteiger partial charge in [0.2, 0.25) is 6.10 Å². The van der Waals surface area contributed by atoms with E-state index in [1.54, 1.807) is 6.92 Å². The van der Waals surface area contributed by atoms with Crippen LogP contribution in [0.1, 0.15) is 23.7 Å². The Balaban J connectivity index is 1.88. The first kappa shape index (κ1) is 21.1. The summed E-state index contributed by atoms with van der Waals surface area (Å²) in [5.74, 6) is -2.11. The first-order valence-corrected chi connectivity index (χ1v) is 10.4. The van der Waals surface area contributed by atoms with Crippen molar-refractivity contribution in [3.8, 4) is 0 Å². The molecule has 1 aliphatic heterocycles. The van der Waals surface area contributed by atoms with Crippen molar-refractivity contribution in [3.63, 3.8) is 0 Å². The van der Waals surface area contributed by atoms with Crippen LogP contribution in [-0.4, -0.2) is 39.6 Å². The standard InChI is InChI=1S/C19H17ClFNO6S/c1-11-9-17(19(24)27-11)28-18(23)15-10-14(7-8-16(15)20)29(25,26)22(2)13-5-3-12(21)4-6-13/h3-8,10-11,17H,9H2,1-2H3. The Morgan fingerprint density at radius 1 is 1.24 bits per heavy atom. The number of benzene rings is 2. The van der Waals surface area contributed by atoms with Gasteiger partial charge in [-0.15, -0.1) is 0 Å². The van der Waals surface area contributed by atoms with Gasteiger partial charge < -0.3 is 9.47 Å². The lowest BCUT2D eigenvalue weighted by Crippen LogP contribution is -2.27. The minimum Gasteiger partial charge on any atom is -0.460 e. The summed E-state index contributed by atoms with van der Waals surface area (Å²) >= 11 is 6.04. The average Bonchev–Trinajstić information content (AvgIpc) is 2.98. The zero-order valence-corrected chi connectivity index (χ0v) is 17.0. The largest absolute Gasteiger partial charge is 0.460 e. The molecule has 1 heterocycles. The van der Waals surface area contributed by atoms with Gasteiger partial charge in [-0.2, -0.15) is 0 Å². The predicted octanol–water partition coefficient (Wildman–Crippen LogP) is 3.17. The molecule has 2 atom stereocenters. The maximum atomic E-state index is 13.1. The quantitative estimate of drug-likeness (QED) is 0.662. The van der Waals surface area contributed by atoms with E-state index in [4.69, 9.17) is 21.1 Å². The summed E-state index contributed by atoms with van der Waals surface area (Å²) in [7, 11) is -2.77. The molecule has 2 aromatic carbocycles. The number of nitrogens with zero attached hydrogens (tertiary/aromatic N) is 1. The summed E-state index contributed by atoms with van der Waals surface area (Å²) in [5.41, 5.74) is 0.0285. The summed E-state index contributed by atoms with van der Waals surface area (Å²) < 4.78 is 49.9. The molecule has 7 nitrogen and oxygen atoms in total. The zero-order chi connectivity index (χ0) is 21.3. The van der Waals surface area contributed by atoms with Crippen LogP contribution in [0.15, 0.2) is 47.4 Å². The first-order chi connectivity index (χ1) is 13.6. The molecule has 0 bridgehead atoms. The lowest BCUT2D eigenvalue weighted by Gasteiger charge is -2.20.